The molecule has 2 atom stereocenters. The minimum Gasteiger partial charge on any atom is -0.430 e. The topological polar surface area (TPSA) is 105 Å². The summed E-state index contributed by atoms with van der Waals surface area (Å²) in [6.45, 7) is 0.630. The quantitative estimate of drug-likeness (QED) is 0.181. The van der Waals surface area contributed by atoms with E-state index in [1.54, 1.807) is 7.11 Å². The number of nitrogens with zero attached hydrogens (tertiary/aromatic N) is 1. The van der Waals surface area contributed by atoms with Crippen molar-refractivity contribution in [1.29, 1.82) is 0 Å². The van der Waals surface area contributed by atoms with Gasteiger partial charge in [0.05, 0.1) is 4.92 Å². The SMILES string of the molecule is COCCCC1CCC[C@@H](OC(=O)Oc2ccc([N+](=O)[O-])cc2)CC1=O. The van der Waals surface area contributed by atoms with E-state index in [0.717, 1.165) is 25.7 Å². The van der Waals surface area contributed by atoms with E-state index in [0.29, 0.717) is 13.0 Å². The molecule has 0 N–H and O–H groups in total. The number of carbonyl (C=O) groups excluding carboxylic acids is 2. The highest BCUT2D eigenvalue weighted by Gasteiger charge is 2.28. The number of benzene rings is 1. The first-order chi connectivity index (χ1) is 12.5. The second-order valence-electron chi connectivity index (χ2n) is 6.28. The molecule has 0 heterocycles. The van der Waals surface area contributed by atoms with Gasteiger partial charge in [-0.2, -0.15) is 0 Å². The molecule has 0 aromatic heterocycles. The van der Waals surface area contributed by atoms with Crippen molar-refractivity contribution in [2.24, 2.45) is 5.92 Å². The van der Waals surface area contributed by atoms with E-state index >= 15 is 0 Å². The standard InChI is InChI=1S/C18H23NO7/c1-24-11-3-5-13-4-2-6-16(12-17(13)20)26-18(21)25-15-9-7-14(8-10-15)19(22)23/h7-10,13,16H,2-6,11-12H2,1H3/t13?,16-/m1/s1. The molecule has 1 unspecified atom stereocenters. The van der Waals surface area contributed by atoms with Crippen LogP contribution in [0.2, 0.25) is 0 Å². The molecule has 1 aromatic carbocycles. The second kappa shape index (κ2) is 9.86. The van der Waals surface area contributed by atoms with Crippen LogP contribution in [0.15, 0.2) is 24.3 Å². The summed E-state index contributed by atoms with van der Waals surface area (Å²) in [5.74, 6) is 0.245. The molecule has 0 saturated heterocycles. The zero-order chi connectivity index (χ0) is 18.9. The largest absolute Gasteiger partial charge is 0.514 e. The smallest absolute Gasteiger partial charge is 0.430 e. The van der Waals surface area contributed by atoms with Crippen LogP contribution in [0.1, 0.15) is 38.5 Å². The molecule has 0 aliphatic heterocycles. The number of hydrogen-bond donors (Lipinski definition) is 0. The Hall–Kier alpha value is -2.48. The van der Waals surface area contributed by atoms with Crippen molar-refractivity contribution >= 4 is 17.6 Å². The van der Waals surface area contributed by atoms with Gasteiger partial charge in [-0.1, -0.05) is 0 Å². The molecule has 0 spiro atoms. The van der Waals surface area contributed by atoms with Crippen LogP contribution in [0.5, 0.6) is 5.75 Å². The number of hydrogen-bond acceptors (Lipinski definition) is 7. The lowest BCUT2D eigenvalue weighted by atomic mass is 9.94. The Kier molecular flexibility index (Phi) is 7.53. The molecule has 0 radical (unpaired) electrons. The Morgan fingerprint density at radius 2 is 2.00 bits per heavy atom. The maximum atomic E-state index is 12.3. The zero-order valence-corrected chi connectivity index (χ0v) is 14.7. The molecular weight excluding hydrogens is 342 g/mol. The predicted octanol–water partition coefficient (Wildman–Crippen LogP) is 3.66. The van der Waals surface area contributed by atoms with Gasteiger partial charge in [-0.05, 0) is 44.2 Å². The number of nitro groups is 1. The molecule has 1 fully saturated rings. The van der Waals surface area contributed by atoms with Crippen LogP contribution in [-0.4, -0.2) is 36.7 Å². The number of methoxy groups -OCH3 is 1. The van der Waals surface area contributed by atoms with E-state index < -0.39 is 17.2 Å². The van der Waals surface area contributed by atoms with Gasteiger partial charge >= 0.3 is 6.16 Å². The first-order valence-corrected chi connectivity index (χ1v) is 8.64. The van der Waals surface area contributed by atoms with Crippen molar-refractivity contribution in [2.75, 3.05) is 13.7 Å². The highest BCUT2D eigenvalue weighted by molar-refractivity contribution is 5.82. The summed E-state index contributed by atoms with van der Waals surface area (Å²) in [7, 11) is 1.63. The summed E-state index contributed by atoms with van der Waals surface area (Å²) < 4.78 is 15.3. The molecule has 0 bridgehead atoms. The van der Waals surface area contributed by atoms with Crippen molar-refractivity contribution in [3.8, 4) is 5.75 Å². The molecule has 2 rings (SSSR count). The Morgan fingerprint density at radius 3 is 2.65 bits per heavy atom. The molecule has 26 heavy (non-hydrogen) atoms. The van der Waals surface area contributed by atoms with Crippen molar-refractivity contribution < 1.29 is 28.7 Å². The van der Waals surface area contributed by atoms with E-state index in [2.05, 4.69) is 0 Å². The average Bonchev–Trinajstić information content (AvgIpc) is 2.77. The summed E-state index contributed by atoms with van der Waals surface area (Å²) in [6.07, 6.45) is 2.61. The van der Waals surface area contributed by atoms with Gasteiger partial charge in [0.25, 0.3) is 5.69 Å². The van der Waals surface area contributed by atoms with Crippen molar-refractivity contribution in [1.82, 2.24) is 0 Å². The van der Waals surface area contributed by atoms with Crippen molar-refractivity contribution in [2.45, 2.75) is 44.6 Å². The average molecular weight is 365 g/mol. The molecular formula is C18H23NO7. The third-order valence-electron chi connectivity index (χ3n) is 4.38. The van der Waals surface area contributed by atoms with Gasteiger partial charge in [0.2, 0.25) is 0 Å². The Labute approximate surface area is 151 Å². The first kappa shape index (κ1) is 19.8. The molecule has 8 nitrogen and oxygen atoms in total. The number of ketones is 1. The lowest BCUT2D eigenvalue weighted by molar-refractivity contribution is -0.384. The van der Waals surface area contributed by atoms with Crippen LogP contribution in [0.4, 0.5) is 10.5 Å². The minimum atomic E-state index is -0.908. The lowest BCUT2D eigenvalue weighted by Gasteiger charge is -2.15. The molecule has 8 heteroatoms. The van der Waals surface area contributed by atoms with Gasteiger partial charge in [-0.3, -0.25) is 14.9 Å². The van der Waals surface area contributed by atoms with E-state index in [-0.39, 0.29) is 29.6 Å². The summed E-state index contributed by atoms with van der Waals surface area (Å²) >= 11 is 0. The molecule has 1 aliphatic carbocycles. The number of Topliss-reactive ketones (excluding diaryl/α,β-unsaturated/α-hetero) is 1. The minimum absolute atomic E-state index is 0.00978. The normalized spacial score (nSPS) is 20.3. The fourth-order valence-electron chi connectivity index (χ4n) is 3.02. The van der Waals surface area contributed by atoms with Crippen LogP contribution in [0, 0.1) is 16.0 Å². The molecule has 1 aliphatic rings. The van der Waals surface area contributed by atoms with Gasteiger partial charge < -0.3 is 14.2 Å². The first-order valence-electron chi connectivity index (χ1n) is 8.64. The van der Waals surface area contributed by atoms with Crippen molar-refractivity contribution in [3.63, 3.8) is 0 Å². The number of rotatable bonds is 7. The number of non-ortho nitro benzene ring substituents is 1. The van der Waals surface area contributed by atoms with E-state index in [1.165, 1.54) is 24.3 Å². The third-order valence-corrected chi connectivity index (χ3v) is 4.38. The van der Waals surface area contributed by atoms with Crippen LogP contribution in [0.25, 0.3) is 0 Å². The highest BCUT2D eigenvalue weighted by atomic mass is 16.7. The van der Waals surface area contributed by atoms with Crippen molar-refractivity contribution in [3.05, 3.63) is 34.4 Å². The molecule has 1 saturated carbocycles. The van der Waals surface area contributed by atoms with Crippen LogP contribution < -0.4 is 4.74 Å². The maximum absolute atomic E-state index is 12.3. The summed E-state index contributed by atoms with van der Waals surface area (Å²) in [5.41, 5.74) is -0.0976. The maximum Gasteiger partial charge on any atom is 0.514 e. The highest BCUT2D eigenvalue weighted by Crippen LogP contribution is 2.26. The van der Waals surface area contributed by atoms with Gasteiger partial charge in [-0.25, -0.2) is 4.79 Å². The number of nitro benzene ring substituents is 1. The van der Waals surface area contributed by atoms with Gasteiger partial charge in [-0.15, -0.1) is 0 Å². The fourth-order valence-corrected chi connectivity index (χ4v) is 3.02. The van der Waals surface area contributed by atoms with Gasteiger partial charge in [0, 0.05) is 38.2 Å². The number of carbonyl (C=O) groups is 2. The predicted molar refractivity (Wildman–Crippen MR) is 92.1 cm³/mol. The third kappa shape index (κ3) is 6.11. The van der Waals surface area contributed by atoms with Gasteiger partial charge in [0.15, 0.2) is 0 Å². The van der Waals surface area contributed by atoms with Crippen LogP contribution in [0.3, 0.4) is 0 Å². The number of ether oxygens (including phenoxy) is 3. The second-order valence-corrected chi connectivity index (χ2v) is 6.28. The van der Waals surface area contributed by atoms with E-state index in [9.17, 15) is 19.7 Å². The van der Waals surface area contributed by atoms with Crippen LogP contribution >= 0.6 is 0 Å². The van der Waals surface area contributed by atoms with E-state index in [4.69, 9.17) is 14.2 Å². The summed E-state index contributed by atoms with van der Waals surface area (Å²) in [4.78, 5) is 34.3. The monoisotopic (exact) mass is 365 g/mol. The fraction of sp³-hybridized carbons (Fsp3) is 0.556. The summed E-state index contributed by atoms with van der Waals surface area (Å²) in [6, 6.07) is 5.12. The zero-order valence-electron chi connectivity index (χ0n) is 14.7. The molecule has 0 amide bonds. The lowest BCUT2D eigenvalue weighted by Crippen LogP contribution is -2.24. The summed E-state index contributed by atoms with van der Waals surface area (Å²) in [5, 5.41) is 10.6. The Morgan fingerprint density at radius 1 is 1.27 bits per heavy atom. The Bertz CT molecular complexity index is 629. The van der Waals surface area contributed by atoms with Gasteiger partial charge in [0.1, 0.15) is 17.6 Å². The molecule has 1 aromatic rings. The Balaban J connectivity index is 1.83. The van der Waals surface area contributed by atoms with E-state index in [1.807, 2.05) is 0 Å². The van der Waals surface area contributed by atoms with Crippen LogP contribution in [-0.2, 0) is 14.3 Å². The molecule has 142 valence electrons.